The third-order valence-electron chi connectivity index (χ3n) is 3.34. The number of nitrogens with zero attached hydrogens (tertiary/aromatic N) is 2. The van der Waals surface area contributed by atoms with Crippen molar-refractivity contribution in [3.8, 4) is 0 Å². The Morgan fingerprint density at radius 3 is 2.33 bits per heavy atom. The van der Waals surface area contributed by atoms with Gasteiger partial charge in [0, 0.05) is 18.1 Å². The molecule has 0 bridgehead atoms. The first-order valence-corrected chi connectivity index (χ1v) is 7.42. The van der Waals surface area contributed by atoms with Crippen molar-refractivity contribution in [2.24, 2.45) is 5.10 Å². The van der Waals surface area contributed by atoms with E-state index in [1.807, 2.05) is 0 Å². The number of rotatable bonds is 2. The van der Waals surface area contributed by atoms with Gasteiger partial charge in [-0.05, 0) is 30.5 Å². The molecule has 1 fully saturated rings. The molecule has 1 aromatic carbocycles. The van der Waals surface area contributed by atoms with Crippen LogP contribution >= 0.6 is 11.6 Å². The predicted molar refractivity (Wildman–Crippen MR) is 82.2 cm³/mol. The first-order chi connectivity index (χ1) is 10.2. The maximum absolute atomic E-state index is 12.0. The number of hydrazone groups is 1. The molecule has 0 aromatic heterocycles. The zero-order chi connectivity index (χ0) is 15.1. The number of carbonyl (C=O) groups excluding carboxylic acids is 2. The summed E-state index contributed by atoms with van der Waals surface area (Å²) in [5.41, 5.74) is 3.06. The monoisotopic (exact) mass is 307 g/mol. The molecule has 21 heavy (non-hydrogen) atoms. The summed E-state index contributed by atoms with van der Waals surface area (Å²) in [6.07, 6.45) is 5.60. The molecule has 0 saturated carbocycles. The van der Waals surface area contributed by atoms with E-state index in [1.54, 1.807) is 29.2 Å². The fourth-order valence-corrected chi connectivity index (χ4v) is 2.31. The first kappa shape index (κ1) is 15.5. The molecule has 0 radical (unpaired) electrons. The lowest BCUT2D eigenvalue weighted by Crippen LogP contribution is -2.41. The fraction of sp³-hybridized carbons (Fsp3) is 0.400. The van der Waals surface area contributed by atoms with Crippen LogP contribution in [-0.2, 0) is 9.59 Å². The molecule has 1 N–H and O–H groups in total. The molecule has 2 amide bonds. The van der Waals surface area contributed by atoms with Crippen LogP contribution in [0.15, 0.2) is 29.4 Å². The number of halogens is 1. The second-order valence-corrected chi connectivity index (χ2v) is 5.39. The van der Waals surface area contributed by atoms with Crippen LogP contribution in [-0.4, -0.2) is 36.0 Å². The number of hydrogen-bond donors (Lipinski definition) is 1. The van der Waals surface area contributed by atoms with Gasteiger partial charge in [-0.1, -0.05) is 36.6 Å². The second kappa shape index (κ2) is 7.78. The summed E-state index contributed by atoms with van der Waals surface area (Å²) in [7, 11) is 0. The highest BCUT2D eigenvalue weighted by atomic mass is 35.5. The maximum atomic E-state index is 12.0. The Morgan fingerprint density at radius 2 is 1.71 bits per heavy atom. The van der Waals surface area contributed by atoms with E-state index in [1.165, 1.54) is 6.21 Å². The summed E-state index contributed by atoms with van der Waals surface area (Å²) in [5.74, 6) is -1.20. The second-order valence-electron chi connectivity index (χ2n) is 4.96. The lowest BCUT2D eigenvalue weighted by Gasteiger charge is -2.18. The lowest BCUT2D eigenvalue weighted by molar-refractivity contribution is -0.145. The minimum atomic E-state index is -0.692. The van der Waals surface area contributed by atoms with Crippen molar-refractivity contribution in [3.05, 3.63) is 34.9 Å². The van der Waals surface area contributed by atoms with Crippen molar-refractivity contribution in [2.75, 3.05) is 13.1 Å². The molecule has 5 nitrogen and oxygen atoms in total. The highest BCUT2D eigenvalue weighted by Gasteiger charge is 2.21. The molecule has 0 atom stereocenters. The smallest absolute Gasteiger partial charge is 0.329 e. The average molecular weight is 308 g/mol. The van der Waals surface area contributed by atoms with Gasteiger partial charge in [0.2, 0.25) is 0 Å². The summed E-state index contributed by atoms with van der Waals surface area (Å²) in [4.78, 5) is 25.3. The minimum absolute atomic E-state index is 0.509. The van der Waals surface area contributed by atoms with Gasteiger partial charge in [0.1, 0.15) is 0 Å². The Labute approximate surface area is 129 Å². The molecule has 6 heteroatoms. The maximum Gasteiger partial charge on any atom is 0.329 e. The van der Waals surface area contributed by atoms with E-state index >= 15 is 0 Å². The van der Waals surface area contributed by atoms with E-state index in [0.29, 0.717) is 18.1 Å². The van der Waals surface area contributed by atoms with E-state index in [2.05, 4.69) is 10.5 Å². The van der Waals surface area contributed by atoms with Gasteiger partial charge in [-0.3, -0.25) is 9.59 Å². The van der Waals surface area contributed by atoms with E-state index < -0.39 is 11.8 Å². The molecule has 1 aromatic rings. The van der Waals surface area contributed by atoms with Crippen LogP contribution in [0.4, 0.5) is 0 Å². The van der Waals surface area contributed by atoms with Crippen LogP contribution in [0.2, 0.25) is 5.02 Å². The van der Waals surface area contributed by atoms with Gasteiger partial charge in [-0.25, -0.2) is 5.43 Å². The summed E-state index contributed by atoms with van der Waals surface area (Å²) >= 11 is 5.77. The Kier molecular flexibility index (Phi) is 5.75. The van der Waals surface area contributed by atoms with E-state index in [4.69, 9.17) is 11.6 Å². The zero-order valence-electron chi connectivity index (χ0n) is 11.7. The Hall–Kier alpha value is -1.88. The van der Waals surface area contributed by atoms with Crippen molar-refractivity contribution in [3.63, 3.8) is 0 Å². The van der Waals surface area contributed by atoms with E-state index in [9.17, 15) is 9.59 Å². The van der Waals surface area contributed by atoms with Crippen LogP contribution in [0.25, 0.3) is 0 Å². The van der Waals surface area contributed by atoms with Crippen LogP contribution in [0.5, 0.6) is 0 Å². The van der Waals surface area contributed by atoms with Crippen molar-refractivity contribution in [1.29, 1.82) is 0 Å². The fourth-order valence-electron chi connectivity index (χ4n) is 2.18. The molecule has 1 heterocycles. The van der Waals surface area contributed by atoms with Crippen molar-refractivity contribution < 1.29 is 9.59 Å². The summed E-state index contributed by atoms with van der Waals surface area (Å²) in [6, 6.07) is 7.00. The van der Waals surface area contributed by atoms with E-state index in [-0.39, 0.29) is 0 Å². The van der Waals surface area contributed by atoms with Crippen molar-refractivity contribution in [1.82, 2.24) is 10.3 Å². The minimum Gasteiger partial charge on any atom is -0.334 e. The first-order valence-electron chi connectivity index (χ1n) is 7.05. The Balaban J connectivity index is 1.85. The average Bonchev–Trinajstić information content (AvgIpc) is 2.77. The lowest BCUT2D eigenvalue weighted by atomic mass is 10.2. The van der Waals surface area contributed by atoms with Crippen LogP contribution < -0.4 is 5.43 Å². The van der Waals surface area contributed by atoms with Crippen molar-refractivity contribution >= 4 is 29.6 Å². The number of carbonyl (C=O) groups is 2. The molecular formula is C15H18ClN3O2. The highest BCUT2D eigenvalue weighted by molar-refractivity contribution is 6.35. The Bertz CT molecular complexity index is 520. The standard InChI is InChI=1S/C15H18ClN3O2/c16-13-7-5-12(6-8-13)11-17-18-14(20)15(21)19-9-3-1-2-4-10-19/h5-8,11H,1-4,9-10H2,(H,18,20). The summed E-state index contributed by atoms with van der Waals surface area (Å²) < 4.78 is 0. The molecular weight excluding hydrogens is 290 g/mol. The van der Waals surface area contributed by atoms with Gasteiger partial charge in [0.05, 0.1) is 6.21 Å². The highest BCUT2D eigenvalue weighted by Crippen LogP contribution is 2.10. The number of benzene rings is 1. The van der Waals surface area contributed by atoms with Gasteiger partial charge in [0.15, 0.2) is 0 Å². The Morgan fingerprint density at radius 1 is 1.10 bits per heavy atom. The number of amides is 2. The molecule has 1 aliphatic rings. The number of hydrogen-bond acceptors (Lipinski definition) is 3. The topological polar surface area (TPSA) is 61.8 Å². The molecule has 0 unspecified atom stereocenters. The van der Waals surface area contributed by atoms with Crippen LogP contribution in [0.3, 0.4) is 0 Å². The summed E-state index contributed by atoms with van der Waals surface area (Å²) in [6.45, 7) is 1.29. The summed E-state index contributed by atoms with van der Waals surface area (Å²) in [5, 5.41) is 4.43. The van der Waals surface area contributed by atoms with Crippen molar-refractivity contribution in [2.45, 2.75) is 25.7 Å². The largest absolute Gasteiger partial charge is 0.334 e. The quantitative estimate of drug-likeness (QED) is 0.517. The number of likely N-dealkylation sites (tertiary alicyclic amines) is 1. The third kappa shape index (κ3) is 4.86. The number of nitrogens with one attached hydrogen (secondary N) is 1. The SMILES string of the molecule is O=C(NN=Cc1ccc(Cl)cc1)C(=O)N1CCCCCC1. The van der Waals surface area contributed by atoms with Gasteiger partial charge in [0.25, 0.3) is 0 Å². The van der Waals surface area contributed by atoms with Gasteiger partial charge < -0.3 is 4.90 Å². The molecule has 2 rings (SSSR count). The van der Waals surface area contributed by atoms with Gasteiger partial charge in [-0.2, -0.15) is 5.10 Å². The molecule has 0 spiro atoms. The molecule has 0 aliphatic carbocycles. The van der Waals surface area contributed by atoms with E-state index in [0.717, 1.165) is 31.2 Å². The molecule has 112 valence electrons. The van der Waals surface area contributed by atoms with Crippen LogP contribution in [0.1, 0.15) is 31.2 Å². The van der Waals surface area contributed by atoms with Crippen LogP contribution in [0, 0.1) is 0 Å². The molecule has 1 aliphatic heterocycles. The van der Waals surface area contributed by atoms with Gasteiger partial charge >= 0.3 is 11.8 Å². The predicted octanol–water partition coefficient (Wildman–Crippen LogP) is 2.19. The zero-order valence-corrected chi connectivity index (χ0v) is 12.5. The van der Waals surface area contributed by atoms with Gasteiger partial charge in [-0.15, -0.1) is 0 Å². The third-order valence-corrected chi connectivity index (χ3v) is 3.59. The molecule has 1 saturated heterocycles. The normalized spacial score (nSPS) is 15.8.